The van der Waals surface area contributed by atoms with Crippen LogP contribution in [0.25, 0.3) is 0 Å². The normalized spacial score (nSPS) is 27.0. The fourth-order valence-electron chi connectivity index (χ4n) is 4.75. The number of fused-ring (bicyclic) bond motifs is 1. The van der Waals surface area contributed by atoms with Crippen molar-refractivity contribution in [1.29, 1.82) is 0 Å². The Kier molecular flexibility index (Phi) is 6.98. The molecule has 4 amide bonds. The van der Waals surface area contributed by atoms with Gasteiger partial charge in [0, 0.05) is 24.5 Å². The summed E-state index contributed by atoms with van der Waals surface area (Å²) in [6.45, 7) is 4.31. The van der Waals surface area contributed by atoms with Gasteiger partial charge in [0.2, 0.25) is 11.8 Å². The molecule has 2 atom stereocenters. The van der Waals surface area contributed by atoms with Crippen molar-refractivity contribution in [1.82, 2.24) is 20.9 Å². The Morgan fingerprint density at radius 1 is 1.21 bits per heavy atom. The van der Waals surface area contributed by atoms with Crippen LogP contribution in [0.5, 0.6) is 0 Å². The molecule has 3 aliphatic heterocycles. The lowest BCUT2D eigenvalue weighted by atomic mass is 9.72. The fraction of sp³-hybridized carbons (Fsp3) is 0.762. The average molecular weight is 490 g/mol. The summed E-state index contributed by atoms with van der Waals surface area (Å²) in [5.74, 6) is -4.56. The minimum Gasteiger partial charge on any atom is -0.356 e. The van der Waals surface area contributed by atoms with Gasteiger partial charge in [-0.1, -0.05) is 0 Å². The van der Waals surface area contributed by atoms with E-state index in [0.717, 1.165) is 0 Å². The zero-order valence-corrected chi connectivity index (χ0v) is 19.2. The number of hydrogen-bond donors (Lipinski definition) is 3. The third-order valence-corrected chi connectivity index (χ3v) is 6.32. The molecule has 4 rings (SSSR count). The van der Waals surface area contributed by atoms with Crippen LogP contribution in [-0.2, 0) is 28.7 Å². The van der Waals surface area contributed by atoms with E-state index in [1.54, 1.807) is 20.8 Å². The summed E-state index contributed by atoms with van der Waals surface area (Å²) in [7, 11) is 0. The molecule has 0 spiro atoms. The number of halogens is 3. The summed E-state index contributed by atoms with van der Waals surface area (Å²) in [6, 6.07) is -1.42. The highest BCUT2D eigenvalue weighted by atomic mass is 19.4. The van der Waals surface area contributed by atoms with E-state index in [1.165, 1.54) is 4.90 Å². The molecule has 0 aromatic heterocycles. The van der Waals surface area contributed by atoms with Crippen LogP contribution in [0.4, 0.5) is 13.2 Å². The number of alkyl halides is 3. The summed E-state index contributed by atoms with van der Waals surface area (Å²) < 4.78 is 41.0. The predicted octanol–water partition coefficient (Wildman–Crippen LogP) is 0.00860. The van der Waals surface area contributed by atoms with E-state index in [-0.39, 0.29) is 37.6 Å². The first-order chi connectivity index (χ1) is 15.6. The smallest absolute Gasteiger partial charge is 0.356 e. The summed E-state index contributed by atoms with van der Waals surface area (Å²) in [5.41, 5.74) is -2.04. The van der Waals surface area contributed by atoms with Crippen molar-refractivity contribution in [2.45, 2.75) is 69.9 Å². The molecule has 2 unspecified atom stereocenters. The van der Waals surface area contributed by atoms with Gasteiger partial charge in [-0.2, -0.15) is 0 Å². The van der Waals surface area contributed by atoms with Gasteiger partial charge in [-0.05, 0) is 52.4 Å². The first-order valence-electron chi connectivity index (χ1n) is 11.1. The molecule has 34 heavy (non-hydrogen) atoms. The Morgan fingerprint density at radius 3 is 2.38 bits per heavy atom. The van der Waals surface area contributed by atoms with Crippen LogP contribution < -0.4 is 16.0 Å². The number of rotatable bonds is 7. The Hall–Kier alpha value is -2.70. The molecule has 1 saturated carbocycles. The molecule has 0 radical (unpaired) electrons. The van der Waals surface area contributed by atoms with Crippen LogP contribution in [0.2, 0.25) is 0 Å². The first kappa shape index (κ1) is 25.9. The topological polar surface area (TPSA) is 134 Å². The highest BCUT2D eigenvalue weighted by Crippen LogP contribution is 2.50. The van der Waals surface area contributed by atoms with Crippen LogP contribution in [0.3, 0.4) is 0 Å². The number of nitrogens with zero attached hydrogens (tertiary/aromatic N) is 1. The molecule has 4 fully saturated rings. The van der Waals surface area contributed by atoms with Gasteiger partial charge < -0.3 is 20.9 Å². The number of nitrogens with one attached hydrogen (secondary N) is 3. The molecule has 0 aromatic carbocycles. The quantitative estimate of drug-likeness (QED) is 0.431. The first-order valence-corrected chi connectivity index (χ1v) is 11.1. The fourth-order valence-corrected chi connectivity index (χ4v) is 4.75. The maximum Gasteiger partial charge on any atom is 0.522 e. The molecule has 3 heterocycles. The molecule has 10 nitrogen and oxygen atoms in total. The number of carbonyl (C=O) groups is 5. The molecular weight excluding hydrogens is 461 g/mol. The van der Waals surface area contributed by atoms with Crippen LogP contribution in [0, 0.1) is 11.8 Å². The van der Waals surface area contributed by atoms with Crippen LogP contribution in [0.15, 0.2) is 0 Å². The van der Waals surface area contributed by atoms with Crippen molar-refractivity contribution in [3.8, 4) is 0 Å². The van der Waals surface area contributed by atoms with E-state index in [0.29, 0.717) is 13.0 Å². The molecule has 3 N–H and O–H groups in total. The van der Waals surface area contributed by atoms with Crippen molar-refractivity contribution in [3.63, 3.8) is 0 Å². The Balaban J connectivity index is 1.74. The minimum atomic E-state index is -5.04. The lowest BCUT2D eigenvalue weighted by molar-refractivity contribution is -0.321. The summed E-state index contributed by atoms with van der Waals surface area (Å²) >= 11 is 0. The molecule has 3 saturated heterocycles. The van der Waals surface area contributed by atoms with E-state index in [1.807, 2.05) is 0 Å². The number of amides is 4. The summed E-state index contributed by atoms with van der Waals surface area (Å²) in [5, 5.41) is 7.58. The SMILES string of the molecule is CC(C)(C)NC(=O)C(=O)N1CC2CC1(C(=O)NC(CC1CCNC1=O)C(=O)COC(F)(F)F)C2. The number of ether oxygens (including phenoxy) is 1. The van der Waals surface area contributed by atoms with Crippen molar-refractivity contribution >= 4 is 29.4 Å². The third kappa shape index (κ3) is 5.68. The molecule has 1 aliphatic carbocycles. The van der Waals surface area contributed by atoms with Crippen molar-refractivity contribution in [2.24, 2.45) is 11.8 Å². The number of carbonyl (C=O) groups excluding carboxylic acids is 5. The Morgan fingerprint density at radius 2 is 1.85 bits per heavy atom. The maximum absolute atomic E-state index is 13.2. The standard InChI is InChI=1S/C21H29F3N4O6/c1-19(2,3)27-16(31)17(32)28-9-11-7-20(28,8-11)18(33)26-13(6-12-4-5-25-15(12)30)14(29)10-34-21(22,23)24/h11-13H,4-10H2,1-3H3,(H,25,30)(H,26,33)(H,27,31). The van der Waals surface area contributed by atoms with Crippen LogP contribution >= 0.6 is 0 Å². The van der Waals surface area contributed by atoms with E-state index < -0.39 is 59.5 Å². The molecule has 0 aromatic rings. The Bertz CT molecular complexity index is 879. The maximum atomic E-state index is 13.2. The molecular formula is C21H29F3N4O6. The van der Waals surface area contributed by atoms with Crippen molar-refractivity contribution in [3.05, 3.63) is 0 Å². The van der Waals surface area contributed by atoms with Gasteiger partial charge in [-0.25, -0.2) is 0 Å². The lowest BCUT2D eigenvalue weighted by Gasteiger charge is -2.41. The van der Waals surface area contributed by atoms with Gasteiger partial charge in [0.1, 0.15) is 12.1 Å². The zero-order valence-electron chi connectivity index (χ0n) is 19.2. The Labute approximate surface area is 194 Å². The highest BCUT2D eigenvalue weighted by molar-refractivity contribution is 6.36. The van der Waals surface area contributed by atoms with Crippen LogP contribution in [0.1, 0.15) is 46.5 Å². The number of Topliss-reactive ketones (excluding diaryl/α,β-unsaturated/α-hetero) is 1. The minimum absolute atomic E-state index is 0.000427. The van der Waals surface area contributed by atoms with Gasteiger partial charge in [0.05, 0.1) is 6.04 Å². The lowest BCUT2D eigenvalue weighted by Crippen LogP contribution is -2.63. The van der Waals surface area contributed by atoms with E-state index in [2.05, 4.69) is 20.7 Å². The molecule has 4 aliphatic rings. The second-order valence-electron chi connectivity index (χ2n) is 10.2. The predicted molar refractivity (Wildman–Crippen MR) is 110 cm³/mol. The van der Waals surface area contributed by atoms with E-state index in [4.69, 9.17) is 0 Å². The van der Waals surface area contributed by atoms with Crippen LogP contribution in [-0.4, -0.2) is 77.5 Å². The number of ketones is 1. The van der Waals surface area contributed by atoms with Gasteiger partial charge in [-0.15, -0.1) is 13.2 Å². The zero-order chi connectivity index (χ0) is 25.5. The van der Waals surface area contributed by atoms with Gasteiger partial charge in [-0.3, -0.25) is 28.7 Å². The molecule has 13 heteroatoms. The second-order valence-corrected chi connectivity index (χ2v) is 10.2. The van der Waals surface area contributed by atoms with Crippen molar-refractivity contribution in [2.75, 3.05) is 19.7 Å². The number of hydrogen-bond acceptors (Lipinski definition) is 6. The average Bonchev–Trinajstić information content (AvgIpc) is 3.36. The van der Waals surface area contributed by atoms with E-state index >= 15 is 0 Å². The largest absolute Gasteiger partial charge is 0.522 e. The summed E-state index contributed by atoms with van der Waals surface area (Å²) in [4.78, 5) is 64.1. The van der Waals surface area contributed by atoms with Crippen molar-refractivity contribution < 1.29 is 41.9 Å². The van der Waals surface area contributed by atoms with Gasteiger partial charge >= 0.3 is 18.2 Å². The summed E-state index contributed by atoms with van der Waals surface area (Å²) in [6.07, 6.45) is -4.32. The third-order valence-electron chi connectivity index (χ3n) is 6.32. The van der Waals surface area contributed by atoms with E-state index in [9.17, 15) is 37.1 Å². The molecule has 2 bridgehead atoms. The van der Waals surface area contributed by atoms with Gasteiger partial charge in [0.15, 0.2) is 5.78 Å². The highest BCUT2D eigenvalue weighted by Gasteiger charge is 2.63. The van der Waals surface area contributed by atoms with Gasteiger partial charge in [0.25, 0.3) is 0 Å². The molecule has 190 valence electrons. The second kappa shape index (κ2) is 9.16. The monoisotopic (exact) mass is 490 g/mol.